The molecular weight excluding hydrogens is 282 g/mol. The van der Waals surface area contributed by atoms with Crippen molar-refractivity contribution in [3.63, 3.8) is 0 Å². The Morgan fingerprint density at radius 1 is 1.45 bits per heavy atom. The van der Waals surface area contributed by atoms with Gasteiger partial charge in [0.25, 0.3) is 11.6 Å². The topological polar surface area (TPSA) is 101 Å². The second-order valence-electron chi connectivity index (χ2n) is 4.05. The summed E-state index contributed by atoms with van der Waals surface area (Å²) in [6, 6.07) is 4.08. The number of nitrogens with one attached hydrogen (secondary N) is 2. The van der Waals surface area contributed by atoms with Crippen LogP contribution in [0.2, 0.25) is 0 Å². The molecule has 20 heavy (non-hydrogen) atoms. The van der Waals surface area contributed by atoms with Gasteiger partial charge in [-0.25, -0.2) is 0 Å². The van der Waals surface area contributed by atoms with Crippen molar-refractivity contribution < 1.29 is 13.9 Å². The summed E-state index contributed by atoms with van der Waals surface area (Å²) in [5, 5.41) is 16.3. The van der Waals surface area contributed by atoms with E-state index in [2.05, 4.69) is 10.6 Å². The molecule has 1 rings (SSSR count). The minimum atomic E-state index is -0.997. The van der Waals surface area contributed by atoms with Crippen molar-refractivity contribution in [3.05, 3.63) is 33.9 Å². The highest BCUT2D eigenvalue weighted by Crippen LogP contribution is 2.22. The van der Waals surface area contributed by atoms with Crippen LogP contribution >= 0.6 is 0 Å². The van der Waals surface area contributed by atoms with Crippen LogP contribution in [0.5, 0.6) is 0 Å². The SMILES string of the molecule is CCNc1ccc([N+](=O)[O-])cc1C(=O)NCCS(C)=O. The summed E-state index contributed by atoms with van der Waals surface area (Å²) in [6.07, 6.45) is 1.55. The van der Waals surface area contributed by atoms with Gasteiger partial charge in [0.2, 0.25) is 0 Å². The third-order valence-corrected chi connectivity index (χ3v) is 3.28. The minimum absolute atomic E-state index is 0.143. The van der Waals surface area contributed by atoms with E-state index in [0.717, 1.165) is 0 Å². The second kappa shape index (κ2) is 7.59. The Hall–Kier alpha value is -1.96. The average molecular weight is 299 g/mol. The number of nitrogens with zero attached hydrogens (tertiary/aromatic N) is 1. The molecule has 0 spiro atoms. The number of carbonyl (C=O) groups is 1. The number of carbonyl (C=O) groups excluding carboxylic acids is 1. The molecule has 8 heteroatoms. The zero-order valence-electron chi connectivity index (χ0n) is 11.3. The first kappa shape index (κ1) is 16.1. The fourth-order valence-corrected chi connectivity index (χ4v) is 1.97. The Bertz CT molecular complexity index is 533. The largest absolute Gasteiger partial charge is 0.385 e. The Morgan fingerprint density at radius 2 is 2.15 bits per heavy atom. The third kappa shape index (κ3) is 4.61. The first-order valence-electron chi connectivity index (χ1n) is 6.06. The fraction of sp³-hybridized carbons (Fsp3) is 0.417. The van der Waals surface area contributed by atoms with Gasteiger partial charge in [-0.3, -0.25) is 19.1 Å². The van der Waals surface area contributed by atoms with E-state index in [1.807, 2.05) is 6.92 Å². The molecule has 0 bridgehead atoms. The number of nitro groups is 1. The molecule has 0 radical (unpaired) electrons. The van der Waals surface area contributed by atoms with E-state index in [1.165, 1.54) is 18.2 Å². The number of rotatable bonds is 7. The predicted octanol–water partition coefficient (Wildman–Crippen LogP) is 1.13. The van der Waals surface area contributed by atoms with Crippen LogP contribution in [0.4, 0.5) is 11.4 Å². The smallest absolute Gasteiger partial charge is 0.270 e. The van der Waals surface area contributed by atoms with Gasteiger partial charge in [-0.1, -0.05) is 0 Å². The fourth-order valence-electron chi connectivity index (χ4n) is 1.58. The van der Waals surface area contributed by atoms with E-state index < -0.39 is 21.6 Å². The molecule has 0 saturated carbocycles. The lowest BCUT2D eigenvalue weighted by Gasteiger charge is -2.10. The van der Waals surface area contributed by atoms with Crippen LogP contribution in [-0.2, 0) is 10.8 Å². The quantitative estimate of drug-likeness (QED) is 0.580. The van der Waals surface area contributed by atoms with Gasteiger partial charge < -0.3 is 10.6 Å². The number of nitro benzene ring substituents is 1. The van der Waals surface area contributed by atoms with E-state index in [0.29, 0.717) is 18.0 Å². The Labute approximate surface area is 119 Å². The van der Waals surface area contributed by atoms with Crippen LogP contribution in [-0.4, -0.2) is 40.1 Å². The van der Waals surface area contributed by atoms with E-state index in [4.69, 9.17) is 0 Å². The van der Waals surface area contributed by atoms with E-state index in [9.17, 15) is 19.1 Å². The molecule has 0 saturated heterocycles. The van der Waals surface area contributed by atoms with Gasteiger partial charge >= 0.3 is 0 Å². The molecule has 1 unspecified atom stereocenters. The molecule has 0 aromatic heterocycles. The van der Waals surface area contributed by atoms with E-state index >= 15 is 0 Å². The standard InChI is InChI=1S/C12H17N3O4S/c1-3-13-11-5-4-9(15(17)18)8-10(11)12(16)14-6-7-20(2)19/h4-5,8,13H,3,6-7H2,1-2H3,(H,14,16). The van der Waals surface area contributed by atoms with Gasteiger partial charge in [-0.05, 0) is 13.0 Å². The summed E-state index contributed by atoms with van der Waals surface area (Å²) < 4.78 is 10.9. The first-order valence-corrected chi connectivity index (χ1v) is 7.79. The maximum Gasteiger partial charge on any atom is 0.270 e. The van der Waals surface area contributed by atoms with Gasteiger partial charge in [-0.2, -0.15) is 0 Å². The summed E-state index contributed by atoms with van der Waals surface area (Å²) in [5.41, 5.74) is 0.604. The van der Waals surface area contributed by atoms with Crippen LogP contribution < -0.4 is 10.6 Å². The van der Waals surface area contributed by atoms with Crippen molar-refractivity contribution in [2.45, 2.75) is 6.92 Å². The van der Waals surface area contributed by atoms with Gasteiger partial charge in [-0.15, -0.1) is 0 Å². The molecule has 2 N–H and O–H groups in total. The summed E-state index contributed by atoms with van der Waals surface area (Å²) in [4.78, 5) is 22.2. The molecule has 110 valence electrons. The highest BCUT2D eigenvalue weighted by molar-refractivity contribution is 7.84. The molecule has 0 aliphatic heterocycles. The zero-order chi connectivity index (χ0) is 15.1. The van der Waals surface area contributed by atoms with Crippen molar-refractivity contribution in [1.82, 2.24) is 5.32 Å². The predicted molar refractivity (Wildman–Crippen MR) is 78.5 cm³/mol. The summed E-state index contributed by atoms with van der Waals surface area (Å²) in [7, 11) is -0.997. The normalized spacial score (nSPS) is 11.7. The molecule has 1 atom stereocenters. The van der Waals surface area contributed by atoms with Crippen molar-refractivity contribution in [3.8, 4) is 0 Å². The lowest BCUT2D eigenvalue weighted by atomic mass is 10.1. The lowest BCUT2D eigenvalue weighted by Crippen LogP contribution is -2.28. The number of amides is 1. The van der Waals surface area contributed by atoms with E-state index in [1.54, 1.807) is 6.26 Å². The maximum absolute atomic E-state index is 12.0. The van der Waals surface area contributed by atoms with Crippen LogP contribution in [0, 0.1) is 10.1 Å². The first-order chi connectivity index (χ1) is 9.45. The highest BCUT2D eigenvalue weighted by atomic mass is 32.2. The van der Waals surface area contributed by atoms with Crippen LogP contribution in [0.25, 0.3) is 0 Å². The van der Waals surface area contributed by atoms with Crippen molar-refractivity contribution in [2.24, 2.45) is 0 Å². The van der Waals surface area contributed by atoms with Crippen molar-refractivity contribution in [1.29, 1.82) is 0 Å². The van der Waals surface area contributed by atoms with Gasteiger partial charge in [0.1, 0.15) is 0 Å². The monoisotopic (exact) mass is 299 g/mol. The molecule has 0 aliphatic rings. The summed E-state index contributed by atoms with van der Waals surface area (Å²) in [6.45, 7) is 2.72. The number of hydrogen-bond acceptors (Lipinski definition) is 5. The maximum atomic E-state index is 12.0. The number of hydrogen-bond donors (Lipinski definition) is 2. The minimum Gasteiger partial charge on any atom is -0.385 e. The molecule has 0 heterocycles. The van der Waals surface area contributed by atoms with Crippen molar-refractivity contribution in [2.75, 3.05) is 30.4 Å². The Morgan fingerprint density at radius 3 is 2.70 bits per heavy atom. The van der Waals surface area contributed by atoms with Crippen molar-refractivity contribution >= 4 is 28.1 Å². The summed E-state index contributed by atoms with van der Waals surface area (Å²) >= 11 is 0. The molecule has 1 amide bonds. The van der Waals surface area contributed by atoms with Crippen LogP contribution in [0.1, 0.15) is 17.3 Å². The molecule has 7 nitrogen and oxygen atoms in total. The molecule has 1 aromatic rings. The summed E-state index contributed by atoms with van der Waals surface area (Å²) in [5.74, 6) is -0.0768. The molecular formula is C12H17N3O4S. The zero-order valence-corrected chi connectivity index (χ0v) is 12.2. The third-order valence-electron chi connectivity index (χ3n) is 2.50. The number of benzene rings is 1. The van der Waals surface area contributed by atoms with E-state index in [-0.39, 0.29) is 17.8 Å². The lowest BCUT2D eigenvalue weighted by molar-refractivity contribution is -0.384. The number of anilines is 1. The molecule has 0 fully saturated rings. The Kier molecular flexibility index (Phi) is 6.10. The van der Waals surface area contributed by atoms with Crippen LogP contribution in [0.15, 0.2) is 18.2 Å². The molecule has 0 aliphatic carbocycles. The Balaban J connectivity index is 2.93. The second-order valence-corrected chi connectivity index (χ2v) is 5.61. The highest BCUT2D eigenvalue weighted by Gasteiger charge is 2.16. The molecule has 1 aromatic carbocycles. The number of non-ortho nitro benzene ring substituents is 1. The average Bonchev–Trinajstić information content (AvgIpc) is 2.38. The van der Waals surface area contributed by atoms with Gasteiger partial charge in [0, 0.05) is 53.7 Å². The van der Waals surface area contributed by atoms with Gasteiger partial charge in [0.15, 0.2) is 0 Å². The van der Waals surface area contributed by atoms with Crippen LogP contribution in [0.3, 0.4) is 0 Å². The van der Waals surface area contributed by atoms with Gasteiger partial charge in [0.05, 0.1) is 10.5 Å².